The highest BCUT2D eigenvalue weighted by Crippen LogP contribution is 2.16. The molecule has 0 aliphatic rings. The average molecular weight is 210 g/mol. The fraction of sp³-hybridized carbons (Fsp3) is 0.333. The standard InChI is InChI=1S/C6H5F3N2OS/c7-6(8,9)3-11-2-1-4(12)10-5(11)13/h1-2H,3H2,(H,10,12,13). The molecular formula is C6H5F3N2OS. The van der Waals surface area contributed by atoms with Crippen LogP contribution in [0.25, 0.3) is 0 Å². The Balaban J connectivity index is 3.04. The molecule has 0 aliphatic heterocycles. The zero-order valence-corrected chi connectivity index (χ0v) is 7.08. The fourth-order valence-electron chi connectivity index (χ4n) is 0.762. The smallest absolute Gasteiger partial charge is 0.316 e. The predicted molar refractivity (Wildman–Crippen MR) is 41.9 cm³/mol. The molecule has 3 nitrogen and oxygen atoms in total. The van der Waals surface area contributed by atoms with Crippen LogP contribution in [0.4, 0.5) is 13.2 Å². The molecule has 0 atom stereocenters. The second-order valence-electron chi connectivity index (χ2n) is 2.35. The lowest BCUT2D eigenvalue weighted by Gasteiger charge is -2.08. The van der Waals surface area contributed by atoms with Crippen LogP contribution in [-0.2, 0) is 6.54 Å². The Labute approximate surface area is 75.8 Å². The molecule has 0 saturated heterocycles. The number of hydrogen-bond acceptors (Lipinski definition) is 2. The van der Waals surface area contributed by atoms with E-state index in [-0.39, 0.29) is 4.77 Å². The maximum Gasteiger partial charge on any atom is 0.406 e. The van der Waals surface area contributed by atoms with E-state index in [1.165, 1.54) is 0 Å². The predicted octanol–water partition coefficient (Wildman–Crippen LogP) is 1.47. The van der Waals surface area contributed by atoms with E-state index in [0.29, 0.717) is 0 Å². The van der Waals surface area contributed by atoms with E-state index in [1.807, 2.05) is 0 Å². The first kappa shape index (κ1) is 9.97. The minimum atomic E-state index is -4.34. The van der Waals surface area contributed by atoms with Gasteiger partial charge >= 0.3 is 6.18 Å². The SMILES string of the molecule is O=c1ccn(CC(F)(F)F)c(=S)[nH]1. The van der Waals surface area contributed by atoms with Gasteiger partial charge in [-0.15, -0.1) is 0 Å². The number of rotatable bonds is 1. The van der Waals surface area contributed by atoms with Crippen LogP contribution in [0.3, 0.4) is 0 Å². The number of H-pyrrole nitrogens is 1. The zero-order chi connectivity index (χ0) is 10.1. The number of aromatic amines is 1. The van der Waals surface area contributed by atoms with Crippen molar-refractivity contribution in [2.75, 3.05) is 0 Å². The fourth-order valence-corrected chi connectivity index (χ4v) is 0.988. The van der Waals surface area contributed by atoms with E-state index in [0.717, 1.165) is 16.8 Å². The van der Waals surface area contributed by atoms with Gasteiger partial charge in [0.2, 0.25) is 0 Å². The van der Waals surface area contributed by atoms with E-state index < -0.39 is 18.3 Å². The Morgan fingerprint density at radius 1 is 1.54 bits per heavy atom. The summed E-state index contributed by atoms with van der Waals surface area (Å²) in [5, 5.41) is 0. The van der Waals surface area contributed by atoms with Gasteiger partial charge in [0.25, 0.3) is 5.56 Å². The van der Waals surface area contributed by atoms with Gasteiger partial charge in [-0.05, 0) is 12.2 Å². The molecule has 0 radical (unpaired) electrons. The number of halogens is 3. The van der Waals surface area contributed by atoms with E-state index in [1.54, 1.807) is 0 Å². The Hall–Kier alpha value is -1.11. The Kier molecular flexibility index (Phi) is 2.55. The van der Waals surface area contributed by atoms with Crippen LogP contribution in [0.15, 0.2) is 17.1 Å². The first-order valence-electron chi connectivity index (χ1n) is 3.25. The molecule has 0 unspecified atom stereocenters. The highest BCUT2D eigenvalue weighted by molar-refractivity contribution is 7.71. The lowest BCUT2D eigenvalue weighted by molar-refractivity contribution is -0.141. The Morgan fingerprint density at radius 3 is 2.62 bits per heavy atom. The van der Waals surface area contributed by atoms with E-state index in [9.17, 15) is 18.0 Å². The summed E-state index contributed by atoms with van der Waals surface area (Å²) >= 11 is 4.51. The molecule has 0 spiro atoms. The van der Waals surface area contributed by atoms with Gasteiger partial charge in [0, 0.05) is 12.3 Å². The molecule has 0 aliphatic carbocycles. The summed E-state index contributed by atoms with van der Waals surface area (Å²) in [5.41, 5.74) is -0.511. The van der Waals surface area contributed by atoms with Crippen LogP contribution < -0.4 is 5.56 Å². The van der Waals surface area contributed by atoms with E-state index >= 15 is 0 Å². The van der Waals surface area contributed by atoms with Crippen molar-refractivity contribution in [3.05, 3.63) is 27.4 Å². The minimum absolute atomic E-state index is 0.232. The molecule has 0 bridgehead atoms. The van der Waals surface area contributed by atoms with Gasteiger partial charge in [0.05, 0.1) is 0 Å². The van der Waals surface area contributed by atoms with Crippen molar-refractivity contribution >= 4 is 12.2 Å². The van der Waals surface area contributed by atoms with E-state index in [4.69, 9.17) is 0 Å². The molecule has 72 valence electrons. The summed E-state index contributed by atoms with van der Waals surface area (Å²) < 4.78 is 36.1. The largest absolute Gasteiger partial charge is 0.406 e. The van der Waals surface area contributed by atoms with Crippen LogP contribution in [0.1, 0.15) is 0 Å². The van der Waals surface area contributed by atoms with Crippen molar-refractivity contribution < 1.29 is 13.2 Å². The van der Waals surface area contributed by atoms with E-state index in [2.05, 4.69) is 17.2 Å². The first-order chi connectivity index (χ1) is 5.88. The molecule has 0 aromatic carbocycles. The molecular weight excluding hydrogens is 205 g/mol. The normalized spacial score (nSPS) is 11.6. The van der Waals surface area contributed by atoms with Crippen molar-refractivity contribution in [3.8, 4) is 0 Å². The van der Waals surface area contributed by atoms with Crippen LogP contribution in [-0.4, -0.2) is 15.7 Å². The number of alkyl halides is 3. The second kappa shape index (κ2) is 3.33. The van der Waals surface area contributed by atoms with Gasteiger partial charge in [-0.3, -0.25) is 9.78 Å². The summed E-state index contributed by atoms with van der Waals surface area (Å²) in [6, 6.07) is 0.988. The average Bonchev–Trinajstić information content (AvgIpc) is 1.93. The lowest BCUT2D eigenvalue weighted by Crippen LogP contribution is -2.21. The molecule has 0 fully saturated rings. The molecule has 0 saturated carbocycles. The topological polar surface area (TPSA) is 37.8 Å². The molecule has 1 heterocycles. The summed E-state index contributed by atoms with van der Waals surface area (Å²) in [4.78, 5) is 12.7. The van der Waals surface area contributed by atoms with Crippen LogP contribution in [0.5, 0.6) is 0 Å². The van der Waals surface area contributed by atoms with Crippen molar-refractivity contribution in [2.24, 2.45) is 0 Å². The maximum absolute atomic E-state index is 11.9. The molecule has 1 N–H and O–H groups in total. The molecule has 1 rings (SSSR count). The molecule has 7 heteroatoms. The van der Waals surface area contributed by atoms with Crippen molar-refractivity contribution in [2.45, 2.75) is 12.7 Å². The monoisotopic (exact) mass is 210 g/mol. The summed E-state index contributed by atoms with van der Waals surface area (Å²) in [6.07, 6.45) is -3.33. The van der Waals surface area contributed by atoms with Gasteiger partial charge in [-0.2, -0.15) is 13.2 Å². The van der Waals surface area contributed by atoms with Crippen LogP contribution in [0, 0.1) is 4.77 Å². The van der Waals surface area contributed by atoms with Gasteiger partial charge in [0.15, 0.2) is 4.77 Å². The van der Waals surface area contributed by atoms with Crippen LogP contribution in [0.2, 0.25) is 0 Å². The molecule has 13 heavy (non-hydrogen) atoms. The quantitative estimate of drug-likeness (QED) is 0.713. The van der Waals surface area contributed by atoms with Gasteiger partial charge in [0.1, 0.15) is 6.54 Å². The zero-order valence-electron chi connectivity index (χ0n) is 6.26. The van der Waals surface area contributed by atoms with Gasteiger partial charge in [-0.1, -0.05) is 0 Å². The summed E-state index contributed by atoms with van der Waals surface area (Å²) in [6.45, 7) is -1.19. The summed E-state index contributed by atoms with van der Waals surface area (Å²) in [7, 11) is 0. The molecule has 1 aromatic rings. The first-order valence-corrected chi connectivity index (χ1v) is 3.66. The summed E-state index contributed by atoms with van der Waals surface area (Å²) in [5.74, 6) is 0. The number of nitrogens with one attached hydrogen (secondary N) is 1. The third-order valence-corrected chi connectivity index (χ3v) is 1.58. The van der Waals surface area contributed by atoms with Gasteiger partial charge in [-0.25, -0.2) is 0 Å². The second-order valence-corrected chi connectivity index (χ2v) is 2.74. The number of aromatic nitrogens is 2. The van der Waals surface area contributed by atoms with Gasteiger partial charge < -0.3 is 4.57 Å². The molecule has 0 amide bonds. The number of nitrogens with zero attached hydrogens (tertiary/aromatic N) is 1. The highest BCUT2D eigenvalue weighted by atomic mass is 32.1. The minimum Gasteiger partial charge on any atom is -0.316 e. The Bertz CT molecular complexity index is 405. The molecule has 1 aromatic heterocycles. The maximum atomic E-state index is 11.9. The Morgan fingerprint density at radius 2 is 2.15 bits per heavy atom. The highest BCUT2D eigenvalue weighted by Gasteiger charge is 2.27. The number of hydrogen-bond donors (Lipinski definition) is 1. The third-order valence-electron chi connectivity index (χ3n) is 1.25. The van der Waals surface area contributed by atoms with Crippen molar-refractivity contribution in [3.63, 3.8) is 0 Å². The lowest BCUT2D eigenvalue weighted by atomic mass is 10.5. The van der Waals surface area contributed by atoms with Crippen molar-refractivity contribution in [1.82, 2.24) is 9.55 Å². The third kappa shape index (κ3) is 3.02. The van der Waals surface area contributed by atoms with Crippen molar-refractivity contribution in [1.29, 1.82) is 0 Å². The van der Waals surface area contributed by atoms with Crippen LogP contribution >= 0.6 is 12.2 Å².